The lowest BCUT2D eigenvalue weighted by atomic mass is 9.96. The van der Waals surface area contributed by atoms with Crippen molar-refractivity contribution in [3.05, 3.63) is 88.6 Å². The van der Waals surface area contributed by atoms with Crippen LogP contribution in [-0.4, -0.2) is 55.4 Å². The molecule has 10 heteroatoms. The van der Waals surface area contributed by atoms with Crippen LogP contribution in [0.25, 0.3) is 0 Å². The van der Waals surface area contributed by atoms with Crippen LogP contribution in [-0.2, 0) is 11.3 Å². The summed E-state index contributed by atoms with van der Waals surface area (Å²) in [5, 5.41) is 19.6. The monoisotopic (exact) mass is 491 g/mol. The number of ether oxygens (including phenoxy) is 1. The lowest BCUT2D eigenvalue weighted by molar-refractivity contribution is -0.556. The Hall–Kier alpha value is -4.02. The highest BCUT2D eigenvalue weighted by Gasteiger charge is 2.24. The molecule has 0 aromatic carbocycles. The third-order valence-electron chi connectivity index (χ3n) is 5.56. The number of quaternary nitrogens is 1. The van der Waals surface area contributed by atoms with Crippen molar-refractivity contribution in [1.82, 2.24) is 20.4 Å². The van der Waals surface area contributed by atoms with Gasteiger partial charge in [0.1, 0.15) is 23.4 Å². The Bertz CT molecular complexity index is 1220. The molecule has 0 saturated heterocycles. The molecule has 0 bridgehead atoms. The summed E-state index contributed by atoms with van der Waals surface area (Å²) in [4.78, 5) is 8.65. The molecule has 10 nitrogen and oxygen atoms in total. The van der Waals surface area contributed by atoms with Crippen molar-refractivity contribution in [1.29, 1.82) is 0 Å². The van der Waals surface area contributed by atoms with Crippen molar-refractivity contribution in [3.8, 4) is 0 Å². The van der Waals surface area contributed by atoms with Crippen molar-refractivity contribution in [2.75, 3.05) is 27.8 Å². The Morgan fingerprint density at radius 2 is 2.14 bits per heavy atom. The molecular formula is C26H37N9O+2. The Morgan fingerprint density at radius 1 is 1.33 bits per heavy atom. The first-order valence-electron chi connectivity index (χ1n) is 11.9. The quantitative estimate of drug-likeness (QED) is 0.209. The number of nitrogens with one attached hydrogen (secondary N) is 2. The molecule has 36 heavy (non-hydrogen) atoms. The van der Waals surface area contributed by atoms with Gasteiger partial charge in [-0.3, -0.25) is 15.1 Å². The lowest BCUT2D eigenvalue weighted by Crippen LogP contribution is -2.73. The molecule has 1 aromatic heterocycles. The fourth-order valence-electron chi connectivity index (χ4n) is 3.63. The van der Waals surface area contributed by atoms with Gasteiger partial charge in [-0.2, -0.15) is 5.10 Å². The highest BCUT2D eigenvalue weighted by molar-refractivity contribution is 6.11. The number of nitrogens with zero attached hydrogens (tertiary/aromatic N) is 4. The standard InChI is InChI=1S/C26H35N9O/c1-17(2)18(12-29-3)11-24(27)34-25-7-6-22-23(33-25)10-19(13-31-22)21(15-30-4)26(28)20-14-32-35(16-20)8-9-36-5/h6-7,10-17,28,30-31,33H,8-9H2,1-5H3,(H2,27,34)/p+2. The minimum Gasteiger partial charge on any atom is -0.384 e. The number of dihydropyridines is 2. The number of hydrogen-bond acceptors (Lipinski definition) is 6. The summed E-state index contributed by atoms with van der Waals surface area (Å²) in [6.45, 7) is 5.42. The second-order valence-electron chi connectivity index (χ2n) is 8.59. The molecular weight excluding hydrogens is 454 g/mol. The van der Waals surface area contributed by atoms with Crippen LogP contribution in [0.3, 0.4) is 0 Å². The van der Waals surface area contributed by atoms with Crippen LogP contribution in [0.15, 0.2) is 93.0 Å². The first-order chi connectivity index (χ1) is 17.4. The van der Waals surface area contributed by atoms with E-state index in [4.69, 9.17) is 15.9 Å². The molecule has 0 atom stereocenters. The highest BCUT2D eigenvalue weighted by Crippen LogP contribution is 2.24. The van der Waals surface area contributed by atoms with E-state index in [0.717, 1.165) is 33.7 Å². The maximum Gasteiger partial charge on any atom is 0.220 e. The number of allylic oxidation sites excluding steroid dienone is 6. The molecule has 2 aliphatic rings. The molecule has 0 unspecified atom stereocenters. The largest absolute Gasteiger partial charge is 0.384 e. The number of aliphatic imine (C=N–C) groups is 2. The average molecular weight is 492 g/mol. The van der Waals surface area contributed by atoms with E-state index in [0.29, 0.717) is 30.5 Å². The number of nitrogens with two attached hydrogens (primary N) is 3. The zero-order valence-corrected chi connectivity index (χ0v) is 21.6. The first kappa shape index (κ1) is 26.6. The fourth-order valence-corrected chi connectivity index (χ4v) is 3.63. The van der Waals surface area contributed by atoms with Gasteiger partial charge >= 0.3 is 0 Å². The van der Waals surface area contributed by atoms with Crippen LogP contribution < -0.4 is 27.1 Å². The third kappa shape index (κ3) is 6.77. The normalized spacial score (nSPS) is 16.7. The second-order valence-corrected chi connectivity index (χ2v) is 8.59. The van der Waals surface area contributed by atoms with Gasteiger partial charge in [0.05, 0.1) is 43.4 Å². The molecule has 8 N–H and O–H groups in total. The maximum atomic E-state index is 6.60. The van der Waals surface area contributed by atoms with E-state index in [1.54, 1.807) is 26.6 Å². The smallest absolute Gasteiger partial charge is 0.220 e. The van der Waals surface area contributed by atoms with Crippen LogP contribution in [0.1, 0.15) is 19.4 Å². The first-order valence-corrected chi connectivity index (χ1v) is 11.9. The molecule has 0 saturated carbocycles. The van der Waals surface area contributed by atoms with Crippen LogP contribution in [0.2, 0.25) is 0 Å². The van der Waals surface area contributed by atoms with Gasteiger partial charge in [-0.15, -0.1) is 0 Å². The Morgan fingerprint density at radius 3 is 2.83 bits per heavy atom. The second kappa shape index (κ2) is 12.6. The average Bonchev–Trinajstić information content (AvgIpc) is 3.34. The van der Waals surface area contributed by atoms with Crippen LogP contribution in [0.4, 0.5) is 0 Å². The highest BCUT2D eigenvalue weighted by atomic mass is 16.5. The molecule has 1 aromatic rings. The fraction of sp³-hybridized carbons (Fsp3) is 0.308. The number of hydrogen-bond donors (Lipinski definition) is 5. The van der Waals surface area contributed by atoms with E-state index in [-0.39, 0.29) is 5.92 Å². The van der Waals surface area contributed by atoms with Crippen molar-refractivity contribution < 1.29 is 15.5 Å². The number of rotatable bonds is 11. The van der Waals surface area contributed by atoms with Gasteiger partial charge in [-0.1, -0.05) is 13.8 Å². The number of aromatic nitrogens is 2. The van der Waals surface area contributed by atoms with Crippen molar-refractivity contribution in [2.24, 2.45) is 21.6 Å². The number of methoxy groups -OCH3 is 1. The third-order valence-corrected chi connectivity index (χ3v) is 5.56. The van der Waals surface area contributed by atoms with Crippen molar-refractivity contribution in [2.45, 2.75) is 20.4 Å². The van der Waals surface area contributed by atoms with Crippen LogP contribution >= 0.6 is 0 Å². The Balaban J connectivity index is 1.81. The van der Waals surface area contributed by atoms with Gasteiger partial charge in [0.15, 0.2) is 0 Å². The zero-order chi connectivity index (χ0) is 26.1. The summed E-state index contributed by atoms with van der Waals surface area (Å²) < 4.78 is 6.96. The molecule has 190 valence electrons. The molecule has 3 rings (SSSR count). The molecule has 0 aliphatic carbocycles. The minimum atomic E-state index is 0.287. The molecule has 0 radical (unpaired) electrons. The number of amidine groups is 1. The zero-order valence-electron chi connectivity index (χ0n) is 21.6. The Labute approximate surface area is 212 Å². The van der Waals surface area contributed by atoms with Gasteiger partial charge < -0.3 is 26.4 Å². The van der Waals surface area contributed by atoms with Gasteiger partial charge in [0.25, 0.3) is 0 Å². The van der Waals surface area contributed by atoms with E-state index in [2.05, 4.69) is 39.6 Å². The molecule has 2 aliphatic heterocycles. The minimum absolute atomic E-state index is 0.287. The Kier molecular flexibility index (Phi) is 9.32. The molecule has 0 spiro atoms. The SMILES string of the molecule is CN=CC(=CC(N)=NC1=CC=C2NC=C(C(=C[NH2+]C)C(=[NH2+])c3cnn(CCOC)c3)C=C2N1)C(C)C. The van der Waals surface area contributed by atoms with E-state index in [9.17, 15) is 0 Å². The topological polar surface area (TPSA) is 144 Å². The van der Waals surface area contributed by atoms with Gasteiger partial charge in [0, 0.05) is 38.3 Å². The summed E-state index contributed by atoms with van der Waals surface area (Å²) in [6.07, 6.45) is 17.2. The predicted molar refractivity (Wildman–Crippen MR) is 144 cm³/mol. The summed E-state index contributed by atoms with van der Waals surface area (Å²) in [5.74, 6) is 1.33. The van der Waals surface area contributed by atoms with Gasteiger partial charge in [-0.05, 0) is 35.8 Å². The summed E-state index contributed by atoms with van der Waals surface area (Å²) in [5.41, 5.74) is 12.3. The van der Waals surface area contributed by atoms with Crippen LogP contribution in [0.5, 0.6) is 0 Å². The lowest BCUT2D eigenvalue weighted by Gasteiger charge is -2.23. The summed E-state index contributed by atoms with van der Waals surface area (Å²) in [7, 11) is 5.37. The maximum absolute atomic E-state index is 6.60. The summed E-state index contributed by atoms with van der Waals surface area (Å²) >= 11 is 0. The van der Waals surface area contributed by atoms with E-state index in [1.807, 2.05) is 59.9 Å². The van der Waals surface area contributed by atoms with Gasteiger partial charge in [0.2, 0.25) is 5.71 Å². The van der Waals surface area contributed by atoms with Crippen molar-refractivity contribution >= 4 is 17.8 Å². The van der Waals surface area contributed by atoms with E-state index >= 15 is 0 Å². The molecule has 0 amide bonds. The van der Waals surface area contributed by atoms with Crippen molar-refractivity contribution in [3.63, 3.8) is 0 Å². The predicted octanol–water partition coefficient (Wildman–Crippen LogP) is -0.505. The molecule has 0 fully saturated rings. The summed E-state index contributed by atoms with van der Waals surface area (Å²) in [6, 6.07) is 0. The van der Waals surface area contributed by atoms with Gasteiger partial charge in [-0.25, -0.2) is 4.99 Å². The van der Waals surface area contributed by atoms with E-state index < -0.39 is 0 Å². The molecule has 3 heterocycles. The van der Waals surface area contributed by atoms with Crippen LogP contribution in [0, 0.1) is 5.92 Å². The number of fused-ring (bicyclic) bond motifs is 1. The van der Waals surface area contributed by atoms with E-state index in [1.165, 1.54) is 0 Å².